The summed E-state index contributed by atoms with van der Waals surface area (Å²) in [6.07, 6.45) is 6.92. The van der Waals surface area contributed by atoms with Gasteiger partial charge in [-0.1, -0.05) is 36.4 Å². The third-order valence-electron chi connectivity index (χ3n) is 5.20. The average molecular weight is 396 g/mol. The second kappa shape index (κ2) is 8.59. The van der Waals surface area contributed by atoms with Gasteiger partial charge < -0.3 is 10.1 Å². The van der Waals surface area contributed by atoms with E-state index in [2.05, 4.69) is 20.4 Å². The van der Waals surface area contributed by atoms with Crippen molar-refractivity contribution in [2.75, 3.05) is 32.8 Å². The summed E-state index contributed by atoms with van der Waals surface area (Å²) in [5, 5.41) is 10.3. The van der Waals surface area contributed by atoms with E-state index < -0.39 is 11.8 Å². The lowest BCUT2D eigenvalue weighted by atomic mass is 9.91. The Kier molecular flexibility index (Phi) is 5.73. The first kappa shape index (κ1) is 19.4. The van der Waals surface area contributed by atoms with Gasteiger partial charge in [-0.25, -0.2) is 4.39 Å². The molecule has 0 saturated carbocycles. The summed E-state index contributed by atoms with van der Waals surface area (Å²) >= 11 is 0. The number of carbonyl (C=O) groups is 2. The molecule has 1 fully saturated rings. The van der Waals surface area contributed by atoms with Crippen LogP contribution in [0.25, 0.3) is 0 Å². The normalized spacial score (nSPS) is 22.5. The minimum atomic E-state index is -0.573. The smallest absolute Gasteiger partial charge is 0.276 e. The summed E-state index contributed by atoms with van der Waals surface area (Å²) in [5.41, 5.74) is 1.46. The number of nitrogens with one attached hydrogen (secondary N) is 1. The minimum absolute atomic E-state index is 0.134. The van der Waals surface area contributed by atoms with Crippen molar-refractivity contribution < 1.29 is 18.7 Å². The summed E-state index contributed by atoms with van der Waals surface area (Å²) in [5.74, 6) is -1.69. The fraction of sp³-hybridized carbons (Fsp3) is 0.333. The summed E-state index contributed by atoms with van der Waals surface area (Å²) in [7, 11) is 0. The molecule has 2 amide bonds. The third-order valence-corrected chi connectivity index (χ3v) is 5.20. The lowest BCUT2D eigenvalue weighted by molar-refractivity contribution is -0.120. The van der Waals surface area contributed by atoms with Crippen LogP contribution >= 0.6 is 0 Å². The molecule has 29 heavy (non-hydrogen) atoms. The van der Waals surface area contributed by atoms with Gasteiger partial charge in [0.1, 0.15) is 5.82 Å². The molecule has 0 radical (unpaired) electrons. The number of benzene rings is 1. The van der Waals surface area contributed by atoms with Gasteiger partial charge in [0.25, 0.3) is 11.8 Å². The molecule has 7 nitrogen and oxygen atoms in total. The zero-order valence-electron chi connectivity index (χ0n) is 15.8. The summed E-state index contributed by atoms with van der Waals surface area (Å²) in [6, 6.07) is 6.19. The van der Waals surface area contributed by atoms with E-state index in [4.69, 9.17) is 4.74 Å². The van der Waals surface area contributed by atoms with Crippen molar-refractivity contribution in [3.05, 3.63) is 71.2 Å². The minimum Gasteiger partial charge on any atom is -0.379 e. The van der Waals surface area contributed by atoms with Gasteiger partial charge in [-0.05, 0) is 17.7 Å². The lowest BCUT2D eigenvalue weighted by Gasteiger charge is -2.35. The fourth-order valence-corrected chi connectivity index (χ4v) is 3.71. The number of hydrogen-bond donors (Lipinski definition) is 1. The summed E-state index contributed by atoms with van der Waals surface area (Å²) in [4.78, 5) is 26.9. The number of morpholine rings is 1. The number of azo groups is 1. The first-order chi connectivity index (χ1) is 14.1. The maximum atomic E-state index is 13.8. The number of nitrogens with zero attached hydrogens (tertiary/aromatic N) is 3. The highest BCUT2D eigenvalue weighted by Crippen LogP contribution is 2.29. The molecule has 8 heteroatoms. The largest absolute Gasteiger partial charge is 0.379 e. The predicted octanol–water partition coefficient (Wildman–Crippen LogP) is 2.30. The average Bonchev–Trinajstić information content (AvgIpc) is 2.75. The molecule has 3 aliphatic rings. The van der Waals surface area contributed by atoms with E-state index in [-0.39, 0.29) is 30.0 Å². The van der Waals surface area contributed by atoms with Gasteiger partial charge >= 0.3 is 0 Å². The number of fused-ring (bicyclic) bond motifs is 1. The van der Waals surface area contributed by atoms with Crippen molar-refractivity contribution in [3.8, 4) is 0 Å². The monoisotopic (exact) mass is 396 g/mol. The van der Waals surface area contributed by atoms with Crippen molar-refractivity contribution in [2.45, 2.75) is 6.04 Å². The maximum Gasteiger partial charge on any atom is 0.276 e. The lowest BCUT2D eigenvalue weighted by Crippen LogP contribution is -2.44. The highest BCUT2D eigenvalue weighted by molar-refractivity contribution is 5.98. The second-order valence-corrected chi connectivity index (χ2v) is 6.99. The van der Waals surface area contributed by atoms with Gasteiger partial charge in [-0.15, -0.1) is 10.2 Å². The van der Waals surface area contributed by atoms with E-state index in [1.165, 1.54) is 12.1 Å². The molecule has 2 heterocycles. The predicted molar refractivity (Wildman–Crippen MR) is 103 cm³/mol. The van der Waals surface area contributed by atoms with E-state index in [1.807, 2.05) is 6.07 Å². The summed E-state index contributed by atoms with van der Waals surface area (Å²) < 4.78 is 19.2. The molecule has 2 atom stereocenters. The maximum absolute atomic E-state index is 13.8. The van der Waals surface area contributed by atoms with Gasteiger partial charge in [0, 0.05) is 25.2 Å². The SMILES string of the molecule is O=C(NCC(c1cccc(F)c1)N1CCOCC1)C1=C2C=CC=CC2C(=O)N=N1. The third kappa shape index (κ3) is 4.23. The van der Waals surface area contributed by atoms with E-state index in [9.17, 15) is 14.0 Å². The van der Waals surface area contributed by atoms with Crippen LogP contribution in [0, 0.1) is 11.7 Å². The molecule has 1 aliphatic carbocycles. The highest BCUT2D eigenvalue weighted by Gasteiger charge is 2.31. The Labute approximate surface area is 167 Å². The molecular weight excluding hydrogens is 375 g/mol. The topological polar surface area (TPSA) is 83.4 Å². The highest BCUT2D eigenvalue weighted by atomic mass is 19.1. The zero-order chi connectivity index (χ0) is 20.2. The molecular formula is C21H21FN4O3. The number of carbonyl (C=O) groups excluding carboxylic acids is 2. The van der Waals surface area contributed by atoms with Crippen LogP contribution < -0.4 is 5.32 Å². The number of halogens is 1. The van der Waals surface area contributed by atoms with E-state index in [1.54, 1.807) is 30.4 Å². The van der Waals surface area contributed by atoms with Crippen LogP contribution in [0.4, 0.5) is 4.39 Å². The Hall–Kier alpha value is -2.97. The molecule has 0 spiro atoms. The standard InChI is InChI=1S/C21H21FN4O3/c22-15-5-3-4-14(12-15)18(26-8-10-29-11-9-26)13-23-21(28)19-16-6-1-2-7-17(16)20(27)25-24-19/h1-7,12,17-18H,8-11,13H2,(H,23,28). The van der Waals surface area contributed by atoms with Gasteiger partial charge in [0.05, 0.1) is 25.2 Å². The van der Waals surface area contributed by atoms with Gasteiger partial charge in [-0.2, -0.15) is 0 Å². The first-order valence-electron chi connectivity index (χ1n) is 9.53. The van der Waals surface area contributed by atoms with Crippen molar-refractivity contribution in [1.29, 1.82) is 0 Å². The fourth-order valence-electron chi connectivity index (χ4n) is 3.71. The van der Waals surface area contributed by atoms with Gasteiger partial charge in [-0.3, -0.25) is 14.5 Å². The Morgan fingerprint density at radius 3 is 2.90 bits per heavy atom. The molecule has 150 valence electrons. The molecule has 0 bridgehead atoms. The van der Waals surface area contributed by atoms with E-state index in [0.29, 0.717) is 31.9 Å². The molecule has 1 saturated heterocycles. The van der Waals surface area contributed by atoms with Crippen LogP contribution in [-0.2, 0) is 14.3 Å². The van der Waals surface area contributed by atoms with Crippen LogP contribution in [0.1, 0.15) is 11.6 Å². The molecule has 2 aliphatic heterocycles. The van der Waals surface area contributed by atoms with Crippen molar-refractivity contribution in [3.63, 3.8) is 0 Å². The second-order valence-electron chi connectivity index (χ2n) is 6.99. The molecule has 1 aromatic rings. The van der Waals surface area contributed by atoms with Crippen LogP contribution in [-0.4, -0.2) is 49.6 Å². The Bertz CT molecular complexity index is 932. The number of ether oxygens (including phenoxy) is 1. The zero-order valence-corrected chi connectivity index (χ0v) is 15.8. The Morgan fingerprint density at radius 2 is 2.10 bits per heavy atom. The Morgan fingerprint density at radius 1 is 1.28 bits per heavy atom. The van der Waals surface area contributed by atoms with Gasteiger partial charge in [0.2, 0.25) is 0 Å². The van der Waals surface area contributed by atoms with E-state index in [0.717, 1.165) is 5.56 Å². The van der Waals surface area contributed by atoms with Crippen molar-refractivity contribution in [1.82, 2.24) is 10.2 Å². The molecule has 4 rings (SSSR count). The van der Waals surface area contributed by atoms with E-state index >= 15 is 0 Å². The van der Waals surface area contributed by atoms with Crippen LogP contribution in [0.15, 0.2) is 70.1 Å². The first-order valence-corrected chi connectivity index (χ1v) is 9.53. The molecule has 1 N–H and O–H groups in total. The number of rotatable bonds is 5. The molecule has 2 unspecified atom stereocenters. The number of allylic oxidation sites excluding steroid dienone is 3. The van der Waals surface area contributed by atoms with Gasteiger partial charge in [0.15, 0.2) is 5.70 Å². The quantitative estimate of drug-likeness (QED) is 0.828. The van der Waals surface area contributed by atoms with Crippen molar-refractivity contribution >= 4 is 11.8 Å². The summed E-state index contributed by atoms with van der Waals surface area (Å²) in [6.45, 7) is 2.82. The molecule has 1 aromatic carbocycles. The van der Waals surface area contributed by atoms with Crippen LogP contribution in [0.2, 0.25) is 0 Å². The number of hydrogen-bond acceptors (Lipinski definition) is 5. The Balaban J connectivity index is 1.53. The van der Waals surface area contributed by atoms with Crippen molar-refractivity contribution in [2.24, 2.45) is 16.1 Å². The van der Waals surface area contributed by atoms with Crippen LogP contribution in [0.5, 0.6) is 0 Å². The van der Waals surface area contributed by atoms with Crippen LogP contribution in [0.3, 0.4) is 0 Å². The molecule has 0 aromatic heterocycles. The number of amides is 2.